The Morgan fingerprint density at radius 3 is 1.48 bits per heavy atom. The van der Waals surface area contributed by atoms with Crippen LogP contribution in [0.15, 0.2) is 59.7 Å². The average Bonchev–Trinajstić information content (AvgIpc) is 3.35. The number of allylic oxidation sites excluding steroid dienone is 2. The van der Waals surface area contributed by atoms with Crippen molar-refractivity contribution in [1.82, 2.24) is 0 Å². The molecule has 3 heterocycles. The van der Waals surface area contributed by atoms with E-state index in [1.807, 2.05) is 38.1 Å². The Hall–Kier alpha value is -3.02. The Kier molecular flexibility index (Phi) is 4.68. The molecule has 5 heteroatoms. The molecule has 0 aliphatic carbocycles. The highest BCUT2D eigenvalue weighted by atomic mass is 32.1. The third-order valence-corrected chi connectivity index (χ3v) is 8.06. The van der Waals surface area contributed by atoms with Crippen molar-refractivity contribution in [2.45, 2.75) is 27.7 Å². The van der Waals surface area contributed by atoms with E-state index in [0.29, 0.717) is 11.1 Å². The summed E-state index contributed by atoms with van der Waals surface area (Å²) in [4.78, 5) is 28.0. The van der Waals surface area contributed by atoms with Crippen LogP contribution in [0, 0.1) is 13.8 Å². The molecule has 0 saturated carbocycles. The van der Waals surface area contributed by atoms with Crippen LogP contribution in [-0.4, -0.2) is 11.9 Å². The standard InChI is InChI=1S/C26H20O3S2/c1-13(21-15(3)30-19-11-7-5-9-17(19)21)23-24(26(28)29-25(23)27)14(2)22-16(4)31-20-12-8-6-10-18(20)22/h5-12H,1-4H3/b23-13-,24-14-. The molecule has 2 aromatic carbocycles. The highest BCUT2D eigenvalue weighted by molar-refractivity contribution is 7.19. The molecule has 2 aromatic heterocycles. The van der Waals surface area contributed by atoms with Gasteiger partial charge in [0, 0.05) is 29.9 Å². The van der Waals surface area contributed by atoms with Gasteiger partial charge in [0.05, 0.1) is 11.1 Å². The van der Waals surface area contributed by atoms with Gasteiger partial charge in [0.2, 0.25) is 0 Å². The molecule has 3 nitrogen and oxygen atoms in total. The Morgan fingerprint density at radius 2 is 1.06 bits per heavy atom. The van der Waals surface area contributed by atoms with E-state index in [1.165, 1.54) is 0 Å². The van der Waals surface area contributed by atoms with Crippen molar-refractivity contribution in [2.24, 2.45) is 0 Å². The first-order valence-electron chi connectivity index (χ1n) is 10.0. The van der Waals surface area contributed by atoms with Crippen LogP contribution in [-0.2, 0) is 14.3 Å². The first-order valence-corrected chi connectivity index (χ1v) is 11.7. The number of carbonyl (C=O) groups excluding carboxylic acids is 2. The lowest BCUT2D eigenvalue weighted by Crippen LogP contribution is -2.01. The molecule has 4 aromatic rings. The van der Waals surface area contributed by atoms with Crippen molar-refractivity contribution in [3.63, 3.8) is 0 Å². The van der Waals surface area contributed by atoms with Crippen LogP contribution >= 0.6 is 22.7 Å². The van der Waals surface area contributed by atoms with Gasteiger partial charge in [-0.15, -0.1) is 22.7 Å². The number of esters is 2. The fourth-order valence-electron chi connectivity index (χ4n) is 4.59. The maximum Gasteiger partial charge on any atom is 0.347 e. The third-order valence-electron chi connectivity index (χ3n) is 5.89. The Balaban J connectivity index is 1.82. The number of thiophene rings is 2. The molecule has 5 rings (SSSR count). The lowest BCUT2D eigenvalue weighted by molar-refractivity contribution is -0.149. The quantitative estimate of drug-likeness (QED) is 0.189. The van der Waals surface area contributed by atoms with Gasteiger partial charge in [-0.1, -0.05) is 36.4 Å². The van der Waals surface area contributed by atoms with E-state index in [0.717, 1.165) is 52.2 Å². The van der Waals surface area contributed by atoms with Crippen LogP contribution in [0.1, 0.15) is 34.7 Å². The molecule has 1 aliphatic rings. The zero-order valence-electron chi connectivity index (χ0n) is 17.7. The topological polar surface area (TPSA) is 43.4 Å². The zero-order chi connectivity index (χ0) is 21.9. The summed E-state index contributed by atoms with van der Waals surface area (Å²) in [7, 11) is 0. The van der Waals surface area contributed by atoms with Gasteiger partial charge in [0.1, 0.15) is 0 Å². The second-order valence-electron chi connectivity index (χ2n) is 7.74. The Bertz CT molecular complexity index is 1370. The summed E-state index contributed by atoms with van der Waals surface area (Å²) >= 11 is 3.39. The van der Waals surface area contributed by atoms with Crippen molar-refractivity contribution >= 4 is 65.9 Å². The number of aryl methyl sites for hydroxylation is 2. The van der Waals surface area contributed by atoms with E-state index in [-0.39, 0.29) is 0 Å². The number of hydrogen-bond donors (Lipinski definition) is 0. The van der Waals surface area contributed by atoms with E-state index in [2.05, 4.69) is 38.1 Å². The summed E-state index contributed by atoms with van der Waals surface area (Å²) in [5, 5.41) is 2.19. The largest absolute Gasteiger partial charge is 0.386 e. The average molecular weight is 445 g/mol. The van der Waals surface area contributed by atoms with Crippen molar-refractivity contribution in [2.75, 3.05) is 0 Å². The summed E-state index contributed by atoms with van der Waals surface area (Å²) in [5.74, 6) is -1.13. The molecule has 0 N–H and O–H groups in total. The number of ether oxygens (including phenoxy) is 1. The fraction of sp³-hybridized carbons (Fsp3) is 0.154. The predicted molar refractivity (Wildman–Crippen MR) is 129 cm³/mol. The number of fused-ring (bicyclic) bond motifs is 2. The van der Waals surface area contributed by atoms with Gasteiger partial charge in [0.25, 0.3) is 0 Å². The van der Waals surface area contributed by atoms with Crippen LogP contribution in [0.3, 0.4) is 0 Å². The Morgan fingerprint density at radius 1 is 0.677 bits per heavy atom. The minimum atomic E-state index is -0.566. The van der Waals surface area contributed by atoms with E-state index in [9.17, 15) is 9.59 Å². The van der Waals surface area contributed by atoms with Crippen molar-refractivity contribution in [3.8, 4) is 0 Å². The van der Waals surface area contributed by atoms with E-state index in [4.69, 9.17) is 4.74 Å². The van der Waals surface area contributed by atoms with Gasteiger partial charge in [-0.05, 0) is 62.1 Å². The molecule has 0 amide bonds. The molecule has 0 atom stereocenters. The smallest absolute Gasteiger partial charge is 0.347 e. The van der Waals surface area contributed by atoms with E-state index >= 15 is 0 Å². The monoisotopic (exact) mass is 444 g/mol. The van der Waals surface area contributed by atoms with Crippen LogP contribution in [0.4, 0.5) is 0 Å². The van der Waals surface area contributed by atoms with Crippen molar-refractivity contribution < 1.29 is 14.3 Å². The molecular formula is C26H20O3S2. The molecule has 0 bridgehead atoms. The minimum Gasteiger partial charge on any atom is -0.386 e. The first-order chi connectivity index (χ1) is 14.9. The fourth-order valence-corrected chi connectivity index (χ4v) is 6.83. The van der Waals surface area contributed by atoms with Crippen molar-refractivity contribution in [1.29, 1.82) is 0 Å². The summed E-state index contributed by atoms with van der Waals surface area (Å²) in [6.45, 7) is 7.95. The predicted octanol–water partition coefficient (Wildman–Crippen LogP) is 7.06. The summed E-state index contributed by atoms with van der Waals surface area (Å²) in [5.41, 5.74) is 4.36. The Labute approximate surface area is 188 Å². The highest BCUT2D eigenvalue weighted by Crippen LogP contribution is 2.43. The van der Waals surface area contributed by atoms with Gasteiger partial charge in [0.15, 0.2) is 0 Å². The number of hydrogen-bond acceptors (Lipinski definition) is 5. The van der Waals surface area contributed by atoms with Gasteiger partial charge in [-0.2, -0.15) is 0 Å². The van der Waals surface area contributed by atoms with E-state index < -0.39 is 11.9 Å². The SMILES string of the molecule is C/C(=C1/C(=O)OC(=O)/C1=C(/C)c1c(C)sc2ccccc12)c1c(C)sc2ccccc12. The summed E-state index contributed by atoms with van der Waals surface area (Å²) < 4.78 is 7.47. The molecular weight excluding hydrogens is 424 g/mol. The van der Waals surface area contributed by atoms with Gasteiger partial charge < -0.3 is 4.74 Å². The second kappa shape index (κ2) is 7.29. The maximum atomic E-state index is 12.9. The van der Waals surface area contributed by atoms with Crippen LogP contribution < -0.4 is 0 Å². The second-order valence-corrected chi connectivity index (χ2v) is 10.2. The van der Waals surface area contributed by atoms with Gasteiger partial charge in [-0.3, -0.25) is 0 Å². The summed E-state index contributed by atoms with van der Waals surface area (Å²) in [6.07, 6.45) is 0. The third kappa shape index (κ3) is 2.99. The van der Waals surface area contributed by atoms with Gasteiger partial charge >= 0.3 is 11.9 Å². The summed E-state index contributed by atoms with van der Waals surface area (Å²) in [6, 6.07) is 16.3. The molecule has 0 radical (unpaired) electrons. The lowest BCUT2D eigenvalue weighted by atomic mass is 9.90. The van der Waals surface area contributed by atoms with Gasteiger partial charge in [-0.25, -0.2) is 9.59 Å². The zero-order valence-corrected chi connectivity index (χ0v) is 19.3. The number of benzene rings is 2. The molecule has 154 valence electrons. The first kappa shape index (κ1) is 19.9. The van der Waals surface area contributed by atoms with Crippen molar-refractivity contribution in [3.05, 3.63) is 80.6 Å². The van der Waals surface area contributed by atoms with Crippen LogP contribution in [0.25, 0.3) is 31.3 Å². The molecule has 0 spiro atoms. The molecule has 1 fully saturated rings. The maximum absolute atomic E-state index is 12.9. The number of carbonyl (C=O) groups is 2. The molecule has 1 aliphatic heterocycles. The lowest BCUT2D eigenvalue weighted by Gasteiger charge is -2.09. The minimum absolute atomic E-state index is 0.379. The molecule has 1 saturated heterocycles. The highest BCUT2D eigenvalue weighted by Gasteiger charge is 2.38. The van der Waals surface area contributed by atoms with Crippen LogP contribution in [0.2, 0.25) is 0 Å². The number of rotatable bonds is 2. The van der Waals surface area contributed by atoms with Crippen LogP contribution in [0.5, 0.6) is 0 Å². The normalized spacial score (nSPS) is 17.5. The molecule has 0 unspecified atom stereocenters. The molecule has 31 heavy (non-hydrogen) atoms. The van der Waals surface area contributed by atoms with E-state index in [1.54, 1.807) is 22.7 Å². The number of cyclic esters (lactones) is 2.